The van der Waals surface area contributed by atoms with E-state index in [-0.39, 0.29) is 5.82 Å². The van der Waals surface area contributed by atoms with E-state index in [0.717, 1.165) is 5.01 Å². The van der Waals surface area contributed by atoms with E-state index < -0.39 is 6.09 Å². The summed E-state index contributed by atoms with van der Waals surface area (Å²) in [5.74, 6) is 6.70. The van der Waals surface area contributed by atoms with Gasteiger partial charge in [-0.25, -0.2) is 10.6 Å². The van der Waals surface area contributed by atoms with Gasteiger partial charge in [0.2, 0.25) is 0 Å². The van der Waals surface area contributed by atoms with Crippen LogP contribution in [0, 0.1) is 6.92 Å². The van der Waals surface area contributed by atoms with Gasteiger partial charge < -0.3 is 9.26 Å². The summed E-state index contributed by atoms with van der Waals surface area (Å²) in [4.78, 5) is 11.6. The SMILES string of the molecule is Cc1cc(N(N)C(=O)Oc2ccccc2)no1. The van der Waals surface area contributed by atoms with Crippen molar-refractivity contribution in [2.75, 3.05) is 5.01 Å². The third kappa shape index (κ3) is 2.61. The van der Waals surface area contributed by atoms with Crippen molar-refractivity contribution in [3.63, 3.8) is 0 Å². The number of anilines is 1. The first-order chi connectivity index (χ1) is 8.16. The van der Waals surface area contributed by atoms with E-state index in [1.165, 1.54) is 6.07 Å². The van der Waals surface area contributed by atoms with Crippen LogP contribution in [0.25, 0.3) is 0 Å². The molecule has 6 nitrogen and oxygen atoms in total. The number of para-hydroxylation sites is 1. The summed E-state index contributed by atoms with van der Waals surface area (Å²) in [7, 11) is 0. The monoisotopic (exact) mass is 233 g/mol. The van der Waals surface area contributed by atoms with Gasteiger partial charge in [0.05, 0.1) is 0 Å². The number of nitrogens with two attached hydrogens (primary N) is 1. The van der Waals surface area contributed by atoms with Gasteiger partial charge in [-0.1, -0.05) is 23.4 Å². The molecule has 1 aromatic heterocycles. The number of amides is 1. The molecular formula is C11H11N3O3. The Kier molecular flexibility index (Phi) is 3.06. The van der Waals surface area contributed by atoms with Crippen LogP contribution in [0.5, 0.6) is 5.75 Å². The molecule has 6 heteroatoms. The van der Waals surface area contributed by atoms with Crippen LogP contribution in [-0.4, -0.2) is 11.2 Å². The van der Waals surface area contributed by atoms with Crippen molar-refractivity contribution in [3.05, 3.63) is 42.2 Å². The molecule has 2 rings (SSSR count). The summed E-state index contributed by atoms with van der Waals surface area (Å²) < 4.78 is 9.83. The average Bonchev–Trinajstić information content (AvgIpc) is 2.76. The van der Waals surface area contributed by atoms with E-state index in [1.54, 1.807) is 31.2 Å². The number of carbonyl (C=O) groups is 1. The summed E-state index contributed by atoms with van der Waals surface area (Å²) in [5, 5.41) is 4.38. The number of hydrogen-bond donors (Lipinski definition) is 1. The predicted molar refractivity (Wildman–Crippen MR) is 60.4 cm³/mol. The number of hydrazine groups is 1. The fourth-order valence-electron chi connectivity index (χ4n) is 1.20. The molecule has 0 aliphatic rings. The molecular weight excluding hydrogens is 222 g/mol. The van der Waals surface area contributed by atoms with Crippen LogP contribution in [0.2, 0.25) is 0 Å². The highest BCUT2D eigenvalue weighted by atomic mass is 16.6. The molecule has 0 aliphatic carbocycles. The normalized spacial score (nSPS) is 10.0. The number of aromatic nitrogens is 1. The minimum atomic E-state index is -0.732. The van der Waals surface area contributed by atoms with Crippen molar-refractivity contribution in [3.8, 4) is 5.75 Å². The highest BCUT2D eigenvalue weighted by molar-refractivity contribution is 5.86. The van der Waals surface area contributed by atoms with Crippen LogP contribution in [0.4, 0.5) is 10.6 Å². The number of rotatable bonds is 2. The molecule has 0 atom stereocenters. The second-order valence-corrected chi connectivity index (χ2v) is 3.35. The minimum absolute atomic E-state index is 0.198. The molecule has 2 N–H and O–H groups in total. The van der Waals surface area contributed by atoms with E-state index in [2.05, 4.69) is 5.16 Å². The zero-order valence-corrected chi connectivity index (χ0v) is 9.16. The summed E-state index contributed by atoms with van der Waals surface area (Å²) >= 11 is 0. The topological polar surface area (TPSA) is 81.6 Å². The zero-order valence-electron chi connectivity index (χ0n) is 9.16. The highest BCUT2D eigenvalue weighted by Gasteiger charge is 2.17. The van der Waals surface area contributed by atoms with E-state index in [4.69, 9.17) is 15.1 Å². The lowest BCUT2D eigenvalue weighted by molar-refractivity contribution is 0.207. The molecule has 0 spiro atoms. The molecule has 17 heavy (non-hydrogen) atoms. The Morgan fingerprint density at radius 3 is 2.71 bits per heavy atom. The van der Waals surface area contributed by atoms with Gasteiger partial charge in [-0.15, -0.1) is 0 Å². The number of carbonyl (C=O) groups excluding carboxylic acids is 1. The van der Waals surface area contributed by atoms with Gasteiger partial charge in [0, 0.05) is 6.07 Å². The first-order valence-electron chi connectivity index (χ1n) is 4.92. The zero-order chi connectivity index (χ0) is 12.3. The van der Waals surface area contributed by atoms with Crippen molar-refractivity contribution in [2.24, 2.45) is 5.84 Å². The molecule has 1 aromatic carbocycles. The smallest absolute Gasteiger partial charge is 0.409 e. The van der Waals surface area contributed by atoms with E-state index in [1.807, 2.05) is 6.07 Å². The van der Waals surface area contributed by atoms with Crippen molar-refractivity contribution in [1.29, 1.82) is 0 Å². The Morgan fingerprint density at radius 1 is 1.41 bits per heavy atom. The summed E-state index contributed by atoms with van der Waals surface area (Å²) in [6, 6.07) is 10.2. The van der Waals surface area contributed by atoms with E-state index >= 15 is 0 Å². The Labute approximate surface area is 97.5 Å². The van der Waals surface area contributed by atoms with Crippen molar-refractivity contribution >= 4 is 11.9 Å². The summed E-state index contributed by atoms with van der Waals surface area (Å²) in [6.07, 6.45) is -0.732. The third-order valence-electron chi connectivity index (χ3n) is 2.01. The lowest BCUT2D eigenvalue weighted by Crippen LogP contribution is -2.39. The lowest BCUT2D eigenvalue weighted by Gasteiger charge is -2.12. The second kappa shape index (κ2) is 4.67. The Hall–Kier alpha value is -2.34. The minimum Gasteiger partial charge on any atom is -0.409 e. The first-order valence-corrected chi connectivity index (χ1v) is 4.92. The van der Waals surface area contributed by atoms with Gasteiger partial charge in [0.1, 0.15) is 11.5 Å². The Balaban J connectivity index is 2.06. The molecule has 88 valence electrons. The van der Waals surface area contributed by atoms with Crippen LogP contribution >= 0.6 is 0 Å². The van der Waals surface area contributed by atoms with Crippen molar-refractivity contribution in [1.82, 2.24) is 5.16 Å². The predicted octanol–water partition coefficient (Wildman–Crippen LogP) is 1.86. The number of aryl methyl sites for hydroxylation is 1. The summed E-state index contributed by atoms with van der Waals surface area (Å²) in [6.45, 7) is 1.70. The average molecular weight is 233 g/mol. The largest absolute Gasteiger partial charge is 0.435 e. The molecule has 2 aromatic rings. The third-order valence-corrected chi connectivity index (χ3v) is 2.01. The number of nitrogens with zero attached hydrogens (tertiary/aromatic N) is 2. The lowest BCUT2D eigenvalue weighted by atomic mass is 10.3. The number of hydrogen-bond acceptors (Lipinski definition) is 5. The van der Waals surface area contributed by atoms with Crippen LogP contribution in [0.3, 0.4) is 0 Å². The quantitative estimate of drug-likeness (QED) is 0.486. The maximum absolute atomic E-state index is 11.6. The van der Waals surface area contributed by atoms with Gasteiger partial charge in [0.25, 0.3) is 0 Å². The second-order valence-electron chi connectivity index (χ2n) is 3.35. The fraction of sp³-hybridized carbons (Fsp3) is 0.0909. The maximum Gasteiger partial charge on any atom is 0.435 e. The molecule has 0 unspecified atom stereocenters. The van der Waals surface area contributed by atoms with E-state index in [9.17, 15) is 4.79 Å². The van der Waals surface area contributed by atoms with Gasteiger partial charge in [-0.2, -0.15) is 5.01 Å². The Bertz CT molecular complexity index is 510. The molecule has 0 fully saturated rings. The number of benzene rings is 1. The van der Waals surface area contributed by atoms with Crippen LogP contribution in [0.15, 0.2) is 40.9 Å². The van der Waals surface area contributed by atoms with Crippen molar-refractivity contribution in [2.45, 2.75) is 6.92 Å². The van der Waals surface area contributed by atoms with Crippen LogP contribution < -0.4 is 15.6 Å². The van der Waals surface area contributed by atoms with Gasteiger partial charge in [-0.05, 0) is 19.1 Å². The van der Waals surface area contributed by atoms with Gasteiger partial charge in [0.15, 0.2) is 5.82 Å². The van der Waals surface area contributed by atoms with E-state index in [0.29, 0.717) is 11.5 Å². The summed E-state index contributed by atoms with van der Waals surface area (Å²) in [5.41, 5.74) is 0. The maximum atomic E-state index is 11.6. The van der Waals surface area contributed by atoms with Gasteiger partial charge in [-0.3, -0.25) is 0 Å². The van der Waals surface area contributed by atoms with Gasteiger partial charge >= 0.3 is 6.09 Å². The molecule has 0 radical (unpaired) electrons. The molecule has 0 bridgehead atoms. The van der Waals surface area contributed by atoms with Crippen LogP contribution in [-0.2, 0) is 0 Å². The van der Waals surface area contributed by atoms with Crippen molar-refractivity contribution < 1.29 is 14.1 Å². The van der Waals surface area contributed by atoms with Crippen LogP contribution in [0.1, 0.15) is 5.76 Å². The molecule has 1 amide bonds. The standard InChI is InChI=1S/C11H11N3O3/c1-8-7-10(13-17-8)14(12)11(15)16-9-5-3-2-4-6-9/h2-7H,12H2,1H3. The molecule has 0 aliphatic heterocycles. The Morgan fingerprint density at radius 2 is 2.12 bits per heavy atom. The molecule has 0 saturated carbocycles. The highest BCUT2D eigenvalue weighted by Crippen LogP contribution is 2.14. The number of ether oxygens (including phenoxy) is 1. The fourth-order valence-corrected chi connectivity index (χ4v) is 1.20. The molecule has 1 heterocycles. The molecule has 0 saturated heterocycles. The first kappa shape index (κ1) is 11.2.